The maximum Gasteiger partial charge on any atom is 0.469 e. The first-order valence-electron chi connectivity index (χ1n) is 10.5. The predicted molar refractivity (Wildman–Crippen MR) is 114 cm³/mol. The standard InChI is InChI=1S/C19H26F3N2O9PS/c1-23(35(29,30)15-5-3-2-4-6-15)14-11-18(31-12-14)7-9-24(10-8-18)17(25)33-16(19(20,21)22)13-32-34(26,27)28/h2-6,14,16H,7-13H2,1H3,(H2,26,27,28)/t14-,16?/m1/s1. The van der Waals surface area contributed by atoms with Crippen molar-refractivity contribution in [1.29, 1.82) is 0 Å². The van der Waals surface area contributed by atoms with Gasteiger partial charge < -0.3 is 24.2 Å². The molecule has 2 atom stereocenters. The Labute approximate surface area is 200 Å². The number of likely N-dealkylation sites (tertiary alicyclic amines) is 1. The highest BCUT2D eigenvalue weighted by Crippen LogP contribution is 2.40. The number of likely N-dealkylation sites (N-methyl/N-ethyl adjacent to an activating group) is 1. The van der Waals surface area contributed by atoms with Crippen molar-refractivity contribution >= 4 is 23.9 Å². The number of sulfonamides is 1. The number of piperidine rings is 1. The van der Waals surface area contributed by atoms with Gasteiger partial charge in [-0.15, -0.1) is 0 Å². The quantitative estimate of drug-likeness (QED) is 0.492. The lowest BCUT2D eigenvalue weighted by Gasteiger charge is -2.38. The molecule has 2 fully saturated rings. The molecule has 2 aliphatic heterocycles. The van der Waals surface area contributed by atoms with Gasteiger partial charge in [0.05, 0.1) is 23.1 Å². The molecule has 198 valence electrons. The zero-order valence-corrected chi connectivity index (χ0v) is 20.3. The summed E-state index contributed by atoms with van der Waals surface area (Å²) < 4.78 is 91.2. The van der Waals surface area contributed by atoms with Crippen LogP contribution in [0.5, 0.6) is 0 Å². The van der Waals surface area contributed by atoms with E-state index in [0.717, 1.165) is 4.90 Å². The Morgan fingerprint density at radius 1 is 1.29 bits per heavy atom. The zero-order chi connectivity index (χ0) is 26.1. The van der Waals surface area contributed by atoms with Gasteiger partial charge in [0.1, 0.15) is 6.61 Å². The fourth-order valence-electron chi connectivity index (χ4n) is 4.01. The van der Waals surface area contributed by atoms with Crippen LogP contribution >= 0.6 is 7.82 Å². The number of carbonyl (C=O) groups excluding carboxylic acids is 1. The number of rotatable bonds is 7. The molecule has 11 nitrogen and oxygen atoms in total. The minimum atomic E-state index is -5.20. The number of halogens is 3. The summed E-state index contributed by atoms with van der Waals surface area (Å²) >= 11 is 0. The summed E-state index contributed by atoms with van der Waals surface area (Å²) in [4.78, 5) is 30.7. The van der Waals surface area contributed by atoms with Crippen LogP contribution in [0.2, 0.25) is 0 Å². The van der Waals surface area contributed by atoms with Crippen LogP contribution in [0.3, 0.4) is 0 Å². The van der Waals surface area contributed by atoms with E-state index in [9.17, 15) is 30.9 Å². The van der Waals surface area contributed by atoms with Gasteiger partial charge in [-0.25, -0.2) is 17.8 Å². The second-order valence-electron chi connectivity index (χ2n) is 8.37. The van der Waals surface area contributed by atoms with Crippen molar-refractivity contribution in [3.63, 3.8) is 0 Å². The van der Waals surface area contributed by atoms with Gasteiger partial charge in [0, 0.05) is 20.1 Å². The third-order valence-electron chi connectivity index (χ3n) is 6.06. The molecule has 0 radical (unpaired) electrons. The van der Waals surface area contributed by atoms with Crippen LogP contribution in [0.25, 0.3) is 0 Å². The van der Waals surface area contributed by atoms with Gasteiger partial charge in [-0.3, -0.25) is 4.52 Å². The number of ether oxygens (including phenoxy) is 2. The lowest BCUT2D eigenvalue weighted by molar-refractivity contribution is -0.214. The number of hydrogen-bond donors (Lipinski definition) is 2. The van der Waals surface area contributed by atoms with Gasteiger partial charge in [0.15, 0.2) is 0 Å². The van der Waals surface area contributed by atoms with Crippen LogP contribution in [0.1, 0.15) is 19.3 Å². The Kier molecular flexibility index (Phi) is 8.21. The van der Waals surface area contributed by atoms with Crippen molar-refractivity contribution in [2.75, 3.05) is 33.4 Å². The maximum absolute atomic E-state index is 13.1. The summed E-state index contributed by atoms with van der Waals surface area (Å²) in [6, 6.07) is 7.44. The smallest absolute Gasteiger partial charge is 0.434 e. The average Bonchev–Trinajstić information content (AvgIpc) is 3.18. The molecule has 35 heavy (non-hydrogen) atoms. The number of benzene rings is 1. The largest absolute Gasteiger partial charge is 0.469 e. The summed E-state index contributed by atoms with van der Waals surface area (Å²) in [6.07, 6.45) is -8.43. The van der Waals surface area contributed by atoms with Crippen molar-refractivity contribution < 1.29 is 54.7 Å². The van der Waals surface area contributed by atoms with E-state index < -0.39 is 54.5 Å². The molecule has 1 aromatic rings. The maximum atomic E-state index is 13.1. The molecule has 2 aliphatic rings. The minimum absolute atomic E-state index is 0.00930. The molecule has 16 heteroatoms. The van der Waals surface area contributed by atoms with Gasteiger partial charge in [-0.05, 0) is 31.4 Å². The van der Waals surface area contributed by atoms with E-state index in [0.29, 0.717) is 6.42 Å². The molecule has 1 amide bonds. The summed E-state index contributed by atoms with van der Waals surface area (Å²) in [5.74, 6) is 0. The van der Waals surface area contributed by atoms with Gasteiger partial charge in [0.25, 0.3) is 0 Å². The summed E-state index contributed by atoms with van der Waals surface area (Å²) in [5, 5.41) is 0. The molecule has 0 aromatic heterocycles. The van der Waals surface area contributed by atoms with E-state index in [1.54, 1.807) is 18.2 Å². The highest BCUT2D eigenvalue weighted by molar-refractivity contribution is 7.89. The molecule has 1 unspecified atom stereocenters. The van der Waals surface area contributed by atoms with E-state index in [4.69, 9.17) is 14.5 Å². The zero-order valence-electron chi connectivity index (χ0n) is 18.6. The highest BCUT2D eigenvalue weighted by Gasteiger charge is 2.48. The molecule has 0 aliphatic carbocycles. The van der Waals surface area contributed by atoms with Gasteiger partial charge >= 0.3 is 20.1 Å². The van der Waals surface area contributed by atoms with Crippen LogP contribution in [0, 0.1) is 0 Å². The fourth-order valence-corrected chi connectivity index (χ4v) is 5.70. The molecule has 1 spiro atoms. The van der Waals surface area contributed by atoms with E-state index in [2.05, 4.69) is 9.26 Å². The minimum Gasteiger partial charge on any atom is -0.434 e. The fraction of sp³-hybridized carbons (Fsp3) is 0.632. The molecular weight excluding hydrogens is 520 g/mol. The molecule has 2 N–H and O–H groups in total. The third kappa shape index (κ3) is 6.94. The monoisotopic (exact) mass is 546 g/mol. The lowest BCUT2D eigenvalue weighted by Crippen LogP contribution is -2.49. The Morgan fingerprint density at radius 3 is 2.43 bits per heavy atom. The van der Waals surface area contributed by atoms with Crippen molar-refractivity contribution in [1.82, 2.24) is 9.21 Å². The normalized spacial score (nSPS) is 21.9. The summed E-state index contributed by atoms with van der Waals surface area (Å²) in [7, 11) is -7.49. The molecule has 2 heterocycles. The van der Waals surface area contributed by atoms with Gasteiger partial charge in [0.2, 0.25) is 16.1 Å². The average molecular weight is 546 g/mol. The number of alkyl halides is 3. The Hall–Kier alpha value is -1.74. The summed E-state index contributed by atoms with van der Waals surface area (Å²) in [6.45, 7) is -1.44. The number of carbonyl (C=O) groups is 1. The number of phosphoric acid groups is 1. The Morgan fingerprint density at radius 2 is 1.89 bits per heavy atom. The van der Waals surface area contributed by atoms with E-state index in [1.165, 1.54) is 23.5 Å². The molecule has 0 saturated carbocycles. The van der Waals surface area contributed by atoms with E-state index in [1.807, 2.05) is 0 Å². The Bertz CT molecular complexity index is 1040. The SMILES string of the molecule is CN([C@H]1COC2(CCN(C(=O)OC(COP(=O)(O)O)C(F)(F)F)CC2)C1)S(=O)(=O)c1ccccc1. The summed E-state index contributed by atoms with van der Waals surface area (Å²) in [5.41, 5.74) is -0.741. The van der Waals surface area contributed by atoms with Crippen LogP contribution < -0.4 is 0 Å². The first-order chi connectivity index (χ1) is 16.1. The number of nitrogens with zero attached hydrogens (tertiary/aromatic N) is 2. The number of amides is 1. The molecular formula is C19H26F3N2O9PS. The van der Waals surface area contributed by atoms with Crippen LogP contribution in [0.15, 0.2) is 35.2 Å². The number of phosphoric ester groups is 1. The molecule has 2 saturated heterocycles. The Balaban J connectivity index is 1.57. The highest BCUT2D eigenvalue weighted by atomic mass is 32.2. The van der Waals surface area contributed by atoms with E-state index >= 15 is 0 Å². The predicted octanol–water partition coefficient (Wildman–Crippen LogP) is 2.11. The third-order valence-corrected chi connectivity index (χ3v) is 8.47. The van der Waals surface area contributed by atoms with Crippen LogP contribution in [-0.4, -0.2) is 90.8 Å². The first-order valence-corrected chi connectivity index (χ1v) is 13.5. The second kappa shape index (κ2) is 10.3. The van der Waals surface area contributed by atoms with Crippen LogP contribution in [-0.2, 0) is 28.6 Å². The van der Waals surface area contributed by atoms with Crippen molar-refractivity contribution in [3.05, 3.63) is 30.3 Å². The molecule has 0 bridgehead atoms. The van der Waals surface area contributed by atoms with Gasteiger partial charge in [-0.1, -0.05) is 18.2 Å². The molecule has 3 rings (SSSR count). The van der Waals surface area contributed by atoms with Crippen molar-refractivity contribution in [2.45, 2.75) is 48.1 Å². The molecule has 1 aromatic carbocycles. The number of hydrogen-bond acceptors (Lipinski definition) is 7. The second-order valence-corrected chi connectivity index (χ2v) is 11.6. The van der Waals surface area contributed by atoms with Gasteiger partial charge in [-0.2, -0.15) is 17.5 Å². The first kappa shape index (κ1) is 27.8. The lowest BCUT2D eigenvalue weighted by atomic mass is 9.87. The topological polar surface area (TPSA) is 143 Å². The van der Waals surface area contributed by atoms with Crippen molar-refractivity contribution in [3.8, 4) is 0 Å². The van der Waals surface area contributed by atoms with E-state index in [-0.39, 0.29) is 37.4 Å². The van der Waals surface area contributed by atoms with Crippen LogP contribution in [0.4, 0.5) is 18.0 Å². The van der Waals surface area contributed by atoms with Crippen molar-refractivity contribution in [2.24, 2.45) is 0 Å².